The number of carbonyl (C=O) groups is 1. The van der Waals surface area contributed by atoms with Gasteiger partial charge >= 0.3 is 0 Å². The van der Waals surface area contributed by atoms with Crippen molar-refractivity contribution >= 4 is 50.7 Å². The Morgan fingerprint density at radius 1 is 0.889 bits per heavy atom. The second-order valence-electron chi connectivity index (χ2n) is 6.16. The average Bonchev–Trinajstić information content (AvgIpc) is 2.66. The second-order valence-corrected chi connectivity index (χ2v) is 9.35. The number of amides is 1. The summed E-state index contributed by atoms with van der Waals surface area (Å²) in [5, 5.41) is 1.11. The monoisotopic (exact) mass is 446 g/mol. The fourth-order valence-corrected chi connectivity index (χ4v) is 4.79. The summed E-state index contributed by atoms with van der Waals surface area (Å²) in [6.07, 6.45) is 0.261. The fraction of sp³-hybridized carbons (Fsp3) is 0.278. The van der Waals surface area contributed by atoms with Gasteiger partial charge in [-0.3, -0.25) is 4.79 Å². The van der Waals surface area contributed by atoms with E-state index in [4.69, 9.17) is 34.8 Å². The van der Waals surface area contributed by atoms with Crippen molar-refractivity contribution in [3.8, 4) is 0 Å². The van der Waals surface area contributed by atoms with Crippen molar-refractivity contribution in [3.63, 3.8) is 0 Å². The molecule has 1 fully saturated rings. The van der Waals surface area contributed by atoms with Gasteiger partial charge in [-0.15, -0.1) is 0 Å². The Labute approximate surface area is 173 Å². The van der Waals surface area contributed by atoms with Crippen LogP contribution in [0.2, 0.25) is 15.1 Å². The minimum atomic E-state index is -3.68. The standard InChI is InChI=1S/C18H17Cl3N2O3S/c19-14-3-1-13(2-4-14)11-18(24)22-7-9-23(10-8-22)27(25,26)15-5-6-16(20)17(21)12-15/h1-6,12H,7-11H2. The molecule has 1 heterocycles. The number of rotatable bonds is 4. The molecule has 0 radical (unpaired) electrons. The first kappa shape index (κ1) is 20.4. The zero-order valence-corrected chi connectivity index (χ0v) is 17.3. The van der Waals surface area contributed by atoms with Gasteiger partial charge in [0.1, 0.15) is 0 Å². The van der Waals surface area contributed by atoms with Crippen molar-refractivity contribution < 1.29 is 13.2 Å². The fourth-order valence-electron chi connectivity index (χ4n) is 2.85. The van der Waals surface area contributed by atoms with Gasteiger partial charge in [-0.2, -0.15) is 4.31 Å². The van der Waals surface area contributed by atoms with Crippen molar-refractivity contribution in [2.24, 2.45) is 0 Å². The minimum absolute atomic E-state index is 0.0380. The van der Waals surface area contributed by atoms with Gasteiger partial charge in [0.2, 0.25) is 15.9 Å². The lowest BCUT2D eigenvalue weighted by molar-refractivity contribution is -0.131. The first-order valence-corrected chi connectivity index (χ1v) is 10.8. The molecule has 27 heavy (non-hydrogen) atoms. The topological polar surface area (TPSA) is 57.7 Å². The molecule has 0 saturated carbocycles. The highest BCUT2D eigenvalue weighted by Gasteiger charge is 2.30. The SMILES string of the molecule is O=C(Cc1ccc(Cl)cc1)N1CCN(S(=O)(=O)c2ccc(Cl)c(Cl)c2)CC1. The van der Waals surface area contributed by atoms with E-state index in [-0.39, 0.29) is 35.3 Å². The summed E-state index contributed by atoms with van der Waals surface area (Å²) in [6, 6.07) is 11.3. The van der Waals surface area contributed by atoms with Gasteiger partial charge in [-0.05, 0) is 35.9 Å². The quantitative estimate of drug-likeness (QED) is 0.718. The van der Waals surface area contributed by atoms with Gasteiger partial charge in [0.25, 0.3) is 0 Å². The highest BCUT2D eigenvalue weighted by molar-refractivity contribution is 7.89. The molecule has 5 nitrogen and oxygen atoms in total. The summed E-state index contributed by atoms with van der Waals surface area (Å²) in [6.45, 7) is 1.14. The molecule has 0 bridgehead atoms. The van der Waals surface area contributed by atoms with Gasteiger partial charge in [0.15, 0.2) is 0 Å². The molecule has 2 aromatic rings. The van der Waals surface area contributed by atoms with Crippen LogP contribution < -0.4 is 0 Å². The van der Waals surface area contributed by atoms with Crippen LogP contribution >= 0.6 is 34.8 Å². The number of hydrogen-bond acceptors (Lipinski definition) is 3. The van der Waals surface area contributed by atoms with E-state index in [0.29, 0.717) is 23.1 Å². The van der Waals surface area contributed by atoms with Gasteiger partial charge < -0.3 is 4.90 Å². The van der Waals surface area contributed by atoms with Crippen molar-refractivity contribution in [1.29, 1.82) is 0 Å². The molecule has 1 aliphatic heterocycles. The van der Waals surface area contributed by atoms with Crippen molar-refractivity contribution in [1.82, 2.24) is 9.21 Å². The number of sulfonamides is 1. The molecule has 0 unspecified atom stereocenters. The molecular formula is C18H17Cl3N2O3S. The highest BCUT2D eigenvalue weighted by Crippen LogP contribution is 2.27. The van der Waals surface area contributed by atoms with Crippen molar-refractivity contribution in [3.05, 3.63) is 63.1 Å². The number of hydrogen-bond donors (Lipinski definition) is 0. The smallest absolute Gasteiger partial charge is 0.243 e. The molecule has 9 heteroatoms. The number of benzene rings is 2. The maximum absolute atomic E-state index is 12.8. The largest absolute Gasteiger partial charge is 0.340 e. The van der Waals surface area contributed by atoms with Crippen LogP contribution in [0.3, 0.4) is 0 Å². The predicted molar refractivity (Wildman–Crippen MR) is 107 cm³/mol. The Bertz CT molecular complexity index is 941. The average molecular weight is 448 g/mol. The lowest BCUT2D eigenvalue weighted by Crippen LogP contribution is -2.50. The Morgan fingerprint density at radius 3 is 2.11 bits per heavy atom. The molecule has 2 aromatic carbocycles. The van der Waals surface area contributed by atoms with E-state index >= 15 is 0 Å². The Kier molecular flexibility index (Phi) is 6.33. The lowest BCUT2D eigenvalue weighted by Gasteiger charge is -2.34. The van der Waals surface area contributed by atoms with E-state index in [1.807, 2.05) is 12.1 Å². The zero-order chi connectivity index (χ0) is 19.6. The lowest BCUT2D eigenvalue weighted by atomic mass is 10.1. The molecule has 0 spiro atoms. The van der Waals surface area contributed by atoms with Gasteiger partial charge in [-0.25, -0.2) is 8.42 Å². The maximum Gasteiger partial charge on any atom is 0.243 e. The number of carbonyl (C=O) groups excluding carboxylic acids is 1. The maximum atomic E-state index is 12.8. The number of nitrogens with zero attached hydrogens (tertiary/aromatic N) is 2. The highest BCUT2D eigenvalue weighted by atomic mass is 35.5. The first-order chi connectivity index (χ1) is 12.8. The van der Waals surface area contributed by atoms with Crippen molar-refractivity contribution in [2.75, 3.05) is 26.2 Å². The molecule has 0 aromatic heterocycles. The van der Waals surface area contributed by atoms with Crippen LogP contribution in [0.25, 0.3) is 0 Å². The van der Waals surface area contributed by atoms with Crippen LogP contribution in [0.5, 0.6) is 0 Å². The molecule has 0 N–H and O–H groups in total. The van der Waals surface area contributed by atoms with Gasteiger partial charge in [0.05, 0.1) is 21.4 Å². The molecule has 0 aliphatic carbocycles. The molecule has 1 aliphatic rings. The molecule has 1 amide bonds. The van der Waals surface area contributed by atoms with E-state index < -0.39 is 10.0 Å². The third kappa shape index (κ3) is 4.76. The van der Waals surface area contributed by atoms with Crippen LogP contribution in [0.15, 0.2) is 47.4 Å². The Balaban J connectivity index is 1.63. The van der Waals surface area contributed by atoms with Crippen LogP contribution in [0.4, 0.5) is 0 Å². The third-order valence-electron chi connectivity index (χ3n) is 4.39. The van der Waals surface area contributed by atoms with Crippen molar-refractivity contribution in [2.45, 2.75) is 11.3 Å². The molecule has 0 atom stereocenters. The number of halogens is 3. The second kappa shape index (κ2) is 8.37. The predicted octanol–water partition coefficient (Wildman–Crippen LogP) is 3.72. The molecular weight excluding hydrogens is 431 g/mol. The normalized spacial score (nSPS) is 15.7. The summed E-state index contributed by atoms with van der Waals surface area (Å²) in [5.41, 5.74) is 0.871. The molecule has 3 rings (SSSR count). The molecule has 144 valence electrons. The first-order valence-electron chi connectivity index (χ1n) is 8.25. The Hall–Kier alpha value is -1.31. The summed E-state index contributed by atoms with van der Waals surface area (Å²) in [4.78, 5) is 14.2. The van der Waals surface area contributed by atoms with Crippen LogP contribution in [-0.2, 0) is 21.2 Å². The van der Waals surface area contributed by atoms with Crippen LogP contribution in [-0.4, -0.2) is 49.7 Å². The van der Waals surface area contributed by atoms with E-state index in [2.05, 4.69) is 0 Å². The molecule has 1 saturated heterocycles. The summed E-state index contributed by atoms with van der Waals surface area (Å²) < 4.78 is 26.9. The summed E-state index contributed by atoms with van der Waals surface area (Å²) >= 11 is 17.6. The third-order valence-corrected chi connectivity index (χ3v) is 7.27. The van der Waals surface area contributed by atoms with E-state index in [1.54, 1.807) is 17.0 Å². The minimum Gasteiger partial charge on any atom is -0.340 e. The zero-order valence-electron chi connectivity index (χ0n) is 14.2. The van der Waals surface area contributed by atoms with Gasteiger partial charge in [0, 0.05) is 31.2 Å². The number of piperazine rings is 1. The van der Waals surface area contributed by atoms with Gasteiger partial charge in [-0.1, -0.05) is 46.9 Å². The Morgan fingerprint density at radius 2 is 1.52 bits per heavy atom. The van der Waals surface area contributed by atoms with Crippen LogP contribution in [0.1, 0.15) is 5.56 Å². The van der Waals surface area contributed by atoms with E-state index in [1.165, 1.54) is 22.5 Å². The van der Waals surface area contributed by atoms with Crippen LogP contribution in [0, 0.1) is 0 Å². The summed E-state index contributed by atoms with van der Waals surface area (Å²) in [5.74, 6) is -0.0380. The van der Waals surface area contributed by atoms with E-state index in [9.17, 15) is 13.2 Å². The summed E-state index contributed by atoms with van der Waals surface area (Å²) in [7, 11) is -3.68. The van der Waals surface area contributed by atoms with E-state index in [0.717, 1.165) is 5.56 Å².